The summed E-state index contributed by atoms with van der Waals surface area (Å²) >= 11 is 7.45. The van der Waals surface area contributed by atoms with E-state index >= 15 is 0 Å². The van der Waals surface area contributed by atoms with Gasteiger partial charge in [0.05, 0.1) is 11.4 Å². The molecule has 2 N–H and O–H groups in total. The molecule has 3 rings (SSSR count). The topological polar surface area (TPSA) is 72.5 Å². The van der Waals surface area contributed by atoms with Crippen LogP contribution in [0.25, 0.3) is 10.8 Å². The standard InChI is InChI=1S/C19H21ClN4O2S/c1-3-10-24(12-17-22-23-19(26-17)16-5-4-11-27-16)13(2)18(25)21-15-8-6-14(20)7-9-15/h4-9,11,13H,3,10,12H2,1-2H3,(H,21,25)/p+1/t13-/m0/s1. The van der Waals surface area contributed by atoms with Crippen molar-refractivity contribution in [2.45, 2.75) is 32.9 Å². The average molecular weight is 406 g/mol. The summed E-state index contributed by atoms with van der Waals surface area (Å²) in [6.07, 6.45) is 0.944. The van der Waals surface area contributed by atoms with Crippen LogP contribution >= 0.6 is 22.9 Å². The third-order valence-corrected chi connectivity index (χ3v) is 5.38. The molecule has 0 fully saturated rings. The molecule has 27 heavy (non-hydrogen) atoms. The molecule has 142 valence electrons. The number of thiophene rings is 1. The molecule has 1 unspecified atom stereocenters. The van der Waals surface area contributed by atoms with Gasteiger partial charge in [-0.25, -0.2) is 0 Å². The van der Waals surface area contributed by atoms with Crippen LogP contribution in [-0.4, -0.2) is 28.7 Å². The molecule has 2 aromatic heterocycles. The third-order valence-electron chi connectivity index (χ3n) is 4.27. The van der Waals surface area contributed by atoms with Gasteiger partial charge in [-0.05, 0) is 49.1 Å². The van der Waals surface area contributed by atoms with Crippen molar-refractivity contribution < 1.29 is 14.1 Å². The summed E-state index contributed by atoms with van der Waals surface area (Å²) in [7, 11) is 0. The summed E-state index contributed by atoms with van der Waals surface area (Å²) in [6, 6.07) is 10.7. The van der Waals surface area contributed by atoms with Crippen molar-refractivity contribution in [3.8, 4) is 10.8 Å². The Bertz CT molecular complexity index is 864. The second kappa shape index (κ2) is 9.12. The lowest BCUT2D eigenvalue weighted by molar-refractivity contribution is -0.928. The fourth-order valence-electron chi connectivity index (χ4n) is 2.77. The molecule has 0 spiro atoms. The smallest absolute Gasteiger partial charge is 0.282 e. The molecule has 6 nitrogen and oxygen atoms in total. The van der Waals surface area contributed by atoms with Gasteiger partial charge in [-0.2, -0.15) is 0 Å². The second-order valence-corrected chi connectivity index (χ2v) is 7.67. The maximum absolute atomic E-state index is 12.7. The lowest BCUT2D eigenvalue weighted by Crippen LogP contribution is -3.15. The zero-order chi connectivity index (χ0) is 19.2. The molecule has 8 heteroatoms. The highest BCUT2D eigenvalue weighted by atomic mass is 35.5. The Labute approximate surface area is 167 Å². The Balaban J connectivity index is 1.66. The number of hydrogen-bond donors (Lipinski definition) is 2. The number of halogens is 1. The van der Waals surface area contributed by atoms with E-state index in [-0.39, 0.29) is 11.9 Å². The monoisotopic (exact) mass is 405 g/mol. The van der Waals surface area contributed by atoms with Crippen LogP contribution in [0.2, 0.25) is 5.02 Å². The molecule has 2 atom stereocenters. The molecule has 0 aliphatic rings. The number of nitrogens with zero attached hydrogens (tertiary/aromatic N) is 2. The summed E-state index contributed by atoms with van der Waals surface area (Å²) < 4.78 is 5.79. The lowest BCUT2D eigenvalue weighted by atomic mass is 10.2. The van der Waals surface area contributed by atoms with Gasteiger partial charge in [0.25, 0.3) is 17.7 Å². The van der Waals surface area contributed by atoms with E-state index in [0.29, 0.717) is 23.3 Å². The first-order chi connectivity index (χ1) is 13.1. The van der Waals surface area contributed by atoms with E-state index in [4.69, 9.17) is 16.0 Å². The number of rotatable bonds is 8. The summed E-state index contributed by atoms with van der Waals surface area (Å²) in [5.74, 6) is 1.00. The highest BCUT2D eigenvalue weighted by molar-refractivity contribution is 7.13. The minimum atomic E-state index is -0.266. The van der Waals surface area contributed by atoms with E-state index in [2.05, 4.69) is 22.4 Å². The Morgan fingerprint density at radius 3 is 2.74 bits per heavy atom. The van der Waals surface area contributed by atoms with Gasteiger partial charge in [0.1, 0.15) is 0 Å². The largest absolute Gasteiger partial charge is 0.414 e. The molecule has 0 aliphatic carbocycles. The van der Waals surface area contributed by atoms with E-state index < -0.39 is 0 Å². The van der Waals surface area contributed by atoms with Crippen molar-refractivity contribution in [3.05, 3.63) is 52.7 Å². The van der Waals surface area contributed by atoms with Gasteiger partial charge in [-0.1, -0.05) is 24.6 Å². The highest BCUT2D eigenvalue weighted by Crippen LogP contribution is 2.22. The predicted molar refractivity (Wildman–Crippen MR) is 107 cm³/mol. The number of carbonyl (C=O) groups excluding carboxylic acids is 1. The van der Waals surface area contributed by atoms with E-state index in [1.54, 1.807) is 35.6 Å². The van der Waals surface area contributed by atoms with E-state index in [0.717, 1.165) is 28.4 Å². The number of benzene rings is 1. The molecule has 0 bridgehead atoms. The lowest BCUT2D eigenvalue weighted by Gasteiger charge is -2.23. The molecule has 0 aliphatic heterocycles. The maximum atomic E-state index is 12.7. The number of carbonyl (C=O) groups is 1. The molecule has 1 amide bonds. The van der Waals surface area contributed by atoms with Crippen molar-refractivity contribution >= 4 is 34.5 Å². The highest BCUT2D eigenvalue weighted by Gasteiger charge is 2.27. The van der Waals surface area contributed by atoms with Gasteiger partial charge in [-0.3, -0.25) is 4.79 Å². The third kappa shape index (κ3) is 5.15. The normalized spacial score (nSPS) is 13.3. The van der Waals surface area contributed by atoms with Gasteiger partial charge in [-0.15, -0.1) is 21.5 Å². The van der Waals surface area contributed by atoms with Crippen LogP contribution in [0.1, 0.15) is 26.2 Å². The first-order valence-corrected chi connectivity index (χ1v) is 10.1. The zero-order valence-corrected chi connectivity index (χ0v) is 16.8. The zero-order valence-electron chi connectivity index (χ0n) is 15.2. The Morgan fingerprint density at radius 2 is 2.07 bits per heavy atom. The van der Waals surface area contributed by atoms with Gasteiger partial charge in [0.2, 0.25) is 0 Å². The van der Waals surface area contributed by atoms with E-state index in [1.165, 1.54) is 0 Å². The molecule has 0 saturated carbocycles. The number of anilines is 1. The summed E-state index contributed by atoms with van der Waals surface area (Å²) in [5.41, 5.74) is 0.727. The summed E-state index contributed by atoms with van der Waals surface area (Å²) in [4.78, 5) is 14.7. The molecule has 0 radical (unpaired) electrons. The van der Waals surface area contributed by atoms with Gasteiger partial charge >= 0.3 is 0 Å². The number of hydrogen-bond acceptors (Lipinski definition) is 5. The van der Waals surface area contributed by atoms with Crippen LogP contribution in [0, 0.1) is 0 Å². The molecule has 1 aromatic carbocycles. The van der Waals surface area contributed by atoms with Crippen molar-refractivity contribution in [3.63, 3.8) is 0 Å². The number of amides is 1. The minimum absolute atomic E-state index is 0.0567. The average Bonchev–Trinajstić information content (AvgIpc) is 3.34. The molecular weight excluding hydrogens is 384 g/mol. The fraction of sp³-hybridized carbons (Fsp3) is 0.316. The first-order valence-electron chi connectivity index (χ1n) is 8.84. The predicted octanol–water partition coefficient (Wildman–Crippen LogP) is 3.27. The van der Waals surface area contributed by atoms with Crippen molar-refractivity contribution in [1.29, 1.82) is 0 Å². The molecule has 2 heterocycles. The Hall–Kier alpha value is -2.22. The first kappa shape index (κ1) is 19.5. The summed E-state index contributed by atoms with van der Waals surface area (Å²) in [5, 5.41) is 13.8. The van der Waals surface area contributed by atoms with Crippen LogP contribution in [0.3, 0.4) is 0 Å². The van der Waals surface area contributed by atoms with Crippen molar-refractivity contribution in [2.75, 3.05) is 11.9 Å². The van der Waals surface area contributed by atoms with Gasteiger partial charge in [0.15, 0.2) is 12.6 Å². The number of aromatic nitrogens is 2. The van der Waals surface area contributed by atoms with Crippen LogP contribution in [-0.2, 0) is 11.3 Å². The molecule has 3 aromatic rings. The summed E-state index contributed by atoms with van der Waals surface area (Å²) in [6.45, 7) is 5.33. The number of nitrogens with one attached hydrogen (secondary N) is 2. The Kier molecular flexibility index (Phi) is 6.60. The SMILES string of the molecule is CCC[NH+](Cc1nnc(-c2cccs2)o1)[C@@H](C)C(=O)Nc1ccc(Cl)cc1. The van der Waals surface area contributed by atoms with Crippen molar-refractivity contribution in [1.82, 2.24) is 10.2 Å². The van der Waals surface area contributed by atoms with Crippen LogP contribution in [0.5, 0.6) is 0 Å². The van der Waals surface area contributed by atoms with Gasteiger partial charge in [0, 0.05) is 10.7 Å². The molecular formula is C19H22ClN4O2S+. The molecule has 0 saturated heterocycles. The second-order valence-electron chi connectivity index (χ2n) is 6.28. The Morgan fingerprint density at radius 1 is 1.30 bits per heavy atom. The van der Waals surface area contributed by atoms with Crippen molar-refractivity contribution in [2.24, 2.45) is 0 Å². The number of quaternary nitrogens is 1. The van der Waals surface area contributed by atoms with E-state index in [1.807, 2.05) is 24.4 Å². The minimum Gasteiger partial charge on any atom is -0.414 e. The van der Waals surface area contributed by atoms with Crippen LogP contribution in [0.15, 0.2) is 46.2 Å². The maximum Gasteiger partial charge on any atom is 0.282 e. The van der Waals surface area contributed by atoms with E-state index in [9.17, 15) is 4.79 Å². The van der Waals surface area contributed by atoms with Gasteiger partial charge < -0.3 is 14.6 Å². The quantitative estimate of drug-likeness (QED) is 0.603. The van der Waals surface area contributed by atoms with Crippen LogP contribution in [0.4, 0.5) is 5.69 Å². The van der Waals surface area contributed by atoms with Crippen LogP contribution < -0.4 is 10.2 Å². The fourth-order valence-corrected chi connectivity index (χ4v) is 3.54.